The number of thioether (sulfide) groups is 1. The molecule has 0 radical (unpaired) electrons. The standard InChI is InChI=1S/C20H24N2O4S2/c1-13(23)20-15(6-9-28-20)11-18(24)14-4-5-16(21)17(10-14)22-19(25)12-27-8-3-7-26-2/h4-6,9-10H,3,7-8,11-12,21H2,1-2H3,(H,22,25). The van der Waals surface area contributed by atoms with E-state index in [2.05, 4.69) is 5.32 Å². The Kier molecular flexibility index (Phi) is 8.69. The van der Waals surface area contributed by atoms with Crippen LogP contribution in [0.5, 0.6) is 0 Å². The second-order valence-electron chi connectivity index (χ2n) is 6.18. The number of hydrogen-bond acceptors (Lipinski definition) is 7. The molecule has 3 N–H and O–H groups in total. The molecule has 1 amide bonds. The molecule has 0 spiro atoms. The summed E-state index contributed by atoms with van der Waals surface area (Å²) in [5.74, 6) is 0.777. The number of amides is 1. The molecule has 1 heterocycles. The fraction of sp³-hybridized carbons (Fsp3) is 0.350. The van der Waals surface area contributed by atoms with Crippen LogP contribution in [0.2, 0.25) is 0 Å². The summed E-state index contributed by atoms with van der Waals surface area (Å²) in [6.45, 7) is 2.16. The highest BCUT2D eigenvalue weighted by atomic mass is 32.2. The van der Waals surface area contributed by atoms with Gasteiger partial charge in [0.2, 0.25) is 5.91 Å². The summed E-state index contributed by atoms with van der Waals surface area (Å²) in [7, 11) is 1.65. The van der Waals surface area contributed by atoms with E-state index in [9.17, 15) is 14.4 Å². The van der Waals surface area contributed by atoms with Crippen molar-refractivity contribution in [3.05, 3.63) is 45.6 Å². The number of nitrogen functional groups attached to an aromatic ring is 1. The molecule has 0 bridgehead atoms. The Morgan fingerprint density at radius 3 is 2.75 bits per heavy atom. The maximum absolute atomic E-state index is 12.6. The first-order valence-electron chi connectivity index (χ1n) is 8.79. The Hall–Kier alpha value is -2.16. The van der Waals surface area contributed by atoms with Crippen molar-refractivity contribution in [1.82, 2.24) is 0 Å². The SMILES string of the molecule is COCCCSCC(=O)Nc1cc(C(=O)Cc2ccsc2C(C)=O)ccc1N. The number of hydrogen-bond donors (Lipinski definition) is 2. The number of benzene rings is 1. The van der Waals surface area contributed by atoms with Gasteiger partial charge in [-0.25, -0.2) is 0 Å². The summed E-state index contributed by atoms with van der Waals surface area (Å²) in [5.41, 5.74) is 7.92. The number of thiophene rings is 1. The van der Waals surface area contributed by atoms with Crippen LogP contribution in [0.15, 0.2) is 29.6 Å². The number of methoxy groups -OCH3 is 1. The van der Waals surface area contributed by atoms with Crippen LogP contribution in [0.1, 0.15) is 38.9 Å². The summed E-state index contributed by atoms with van der Waals surface area (Å²) in [6.07, 6.45) is 1.01. The molecule has 0 unspecified atom stereocenters. The Morgan fingerprint density at radius 2 is 2.04 bits per heavy atom. The van der Waals surface area contributed by atoms with E-state index >= 15 is 0 Å². The van der Waals surface area contributed by atoms with E-state index in [1.165, 1.54) is 30.0 Å². The van der Waals surface area contributed by atoms with Crippen molar-refractivity contribution in [3.63, 3.8) is 0 Å². The van der Waals surface area contributed by atoms with E-state index in [0.717, 1.165) is 17.7 Å². The minimum Gasteiger partial charge on any atom is -0.397 e. The number of carbonyl (C=O) groups excluding carboxylic acids is 3. The third-order valence-corrected chi connectivity index (χ3v) is 6.04. The number of anilines is 2. The summed E-state index contributed by atoms with van der Waals surface area (Å²) in [6, 6.07) is 6.62. The molecule has 0 aliphatic heterocycles. The lowest BCUT2D eigenvalue weighted by Gasteiger charge is -2.10. The van der Waals surface area contributed by atoms with Crippen molar-refractivity contribution < 1.29 is 19.1 Å². The first kappa shape index (κ1) is 22.1. The summed E-state index contributed by atoms with van der Waals surface area (Å²) in [4.78, 5) is 37.0. The van der Waals surface area contributed by atoms with Gasteiger partial charge >= 0.3 is 0 Å². The maximum atomic E-state index is 12.6. The third kappa shape index (κ3) is 6.47. The molecule has 1 aromatic carbocycles. The molecule has 0 atom stereocenters. The largest absolute Gasteiger partial charge is 0.397 e. The van der Waals surface area contributed by atoms with Crippen LogP contribution in [-0.2, 0) is 16.0 Å². The Labute approximate surface area is 172 Å². The van der Waals surface area contributed by atoms with E-state index in [1.54, 1.807) is 36.8 Å². The van der Waals surface area contributed by atoms with E-state index in [0.29, 0.717) is 34.2 Å². The van der Waals surface area contributed by atoms with Gasteiger partial charge in [-0.3, -0.25) is 14.4 Å². The number of nitrogens with one attached hydrogen (secondary N) is 1. The number of rotatable bonds is 11. The molecule has 28 heavy (non-hydrogen) atoms. The topological polar surface area (TPSA) is 98.5 Å². The van der Waals surface area contributed by atoms with Crippen LogP contribution in [0, 0.1) is 0 Å². The van der Waals surface area contributed by atoms with Crippen LogP contribution in [0.3, 0.4) is 0 Å². The predicted octanol–water partition coefficient (Wildman–Crippen LogP) is 3.67. The lowest BCUT2D eigenvalue weighted by Crippen LogP contribution is -2.16. The number of Topliss-reactive ketones (excluding diaryl/α,β-unsaturated/α-hetero) is 2. The molecule has 0 fully saturated rings. The van der Waals surface area contributed by atoms with Crippen LogP contribution >= 0.6 is 23.1 Å². The van der Waals surface area contributed by atoms with Gasteiger partial charge in [0.05, 0.1) is 22.0 Å². The lowest BCUT2D eigenvalue weighted by atomic mass is 10.0. The zero-order valence-corrected chi connectivity index (χ0v) is 17.6. The average Bonchev–Trinajstić information content (AvgIpc) is 3.11. The summed E-state index contributed by atoms with van der Waals surface area (Å²) in [5, 5.41) is 4.57. The highest BCUT2D eigenvalue weighted by Gasteiger charge is 2.15. The first-order chi connectivity index (χ1) is 13.4. The lowest BCUT2D eigenvalue weighted by molar-refractivity contribution is -0.113. The maximum Gasteiger partial charge on any atom is 0.234 e. The molecular formula is C20H24N2O4S2. The minimum atomic E-state index is -0.171. The van der Waals surface area contributed by atoms with Crippen LogP contribution in [0.25, 0.3) is 0 Å². The van der Waals surface area contributed by atoms with Crippen molar-refractivity contribution >= 4 is 51.9 Å². The number of ketones is 2. The van der Waals surface area contributed by atoms with Gasteiger partial charge in [-0.05, 0) is 54.3 Å². The number of ether oxygens (including phenoxy) is 1. The number of carbonyl (C=O) groups is 3. The molecular weight excluding hydrogens is 396 g/mol. The van der Waals surface area contributed by atoms with Gasteiger partial charge in [0.1, 0.15) is 0 Å². The smallest absolute Gasteiger partial charge is 0.234 e. The van der Waals surface area contributed by atoms with Gasteiger partial charge in [0.15, 0.2) is 11.6 Å². The van der Waals surface area contributed by atoms with E-state index < -0.39 is 0 Å². The molecule has 0 saturated carbocycles. The zero-order chi connectivity index (χ0) is 20.5. The van der Waals surface area contributed by atoms with Gasteiger partial charge in [0.25, 0.3) is 0 Å². The average molecular weight is 421 g/mol. The second kappa shape index (κ2) is 11.0. The Bertz CT molecular complexity index is 848. The Balaban J connectivity index is 1.99. The van der Waals surface area contributed by atoms with E-state index in [-0.39, 0.29) is 23.9 Å². The van der Waals surface area contributed by atoms with Crippen molar-refractivity contribution in [3.8, 4) is 0 Å². The van der Waals surface area contributed by atoms with Gasteiger partial charge < -0.3 is 15.8 Å². The van der Waals surface area contributed by atoms with Gasteiger partial charge in [0, 0.05) is 25.7 Å². The predicted molar refractivity (Wildman–Crippen MR) is 116 cm³/mol. The Morgan fingerprint density at radius 1 is 1.25 bits per heavy atom. The monoisotopic (exact) mass is 420 g/mol. The number of nitrogens with two attached hydrogens (primary N) is 1. The molecule has 150 valence electrons. The highest BCUT2D eigenvalue weighted by molar-refractivity contribution is 7.99. The molecule has 0 aliphatic carbocycles. The first-order valence-corrected chi connectivity index (χ1v) is 10.8. The summed E-state index contributed by atoms with van der Waals surface area (Å²) < 4.78 is 4.97. The van der Waals surface area contributed by atoms with Crippen LogP contribution < -0.4 is 11.1 Å². The van der Waals surface area contributed by atoms with Crippen LogP contribution in [-0.4, -0.2) is 42.7 Å². The van der Waals surface area contributed by atoms with Crippen molar-refractivity contribution in [2.75, 3.05) is 36.3 Å². The molecule has 0 aliphatic rings. The zero-order valence-electron chi connectivity index (χ0n) is 15.9. The normalized spacial score (nSPS) is 10.6. The fourth-order valence-corrected chi connectivity index (χ4v) is 4.10. The van der Waals surface area contributed by atoms with Crippen molar-refractivity contribution in [2.45, 2.75) is 19.8 Å². The molecule has 6 nitrogen and oxygen atoms in total. The van der Waals surface area contributed by atoms with Crippen molar-refractivity contribution in [2.24, 2.45) is 0 Å². The fourth-order valence-electron chi connectivity index (χ4n) is 2.55. The molecule has 8 heteroatoms. The van der Waals surface area contributed by atoms with Crippen molar-refractivity contribution in [1.29, 1.82) is 0 Å². The minimum absolute atomic E-state index is 0.0499. The summed E-state index contributed by atoms with van der Waals surface area (Å²) >= 11 is 2.85. The molecule has 0 saturated heterocycles. The molecule has 2 rings (SSSR count). The highest BCUT2D eigenvalue weighted by Crippen LogP contribution is 2.23. The van der Waals surface area contributed by atoms with E-state index in [4.69, 9.17) is 10.5 Å². The molecule has 2 aromatic rings. The third-order valence-electron chi connectivity index (χ3n) is 3.94. The van der Waals surface area contributed by atoms with Crippen LogP contribution in [0.4, 0.5) is 11.4 Å². The molecule has 1 aromatic heterocycles. The van der Waals surface area contributed by atoms with Gasteiger partial charge in [-0.2, -0.15) is 11.8 Å². The quantitative estimate of drug-likeness (QED) is 0.327. The second-order valence-corrected chi connectivity index (χ2v) is 8.20. The van der Waals surface area contributed by atoms with Gasteiger partial charge in [-0.15, -0.1) is 11.3 Å². The van der Waals surface area contributed by atoms with Gasteiger partial charge in [-0.1, -0.05) is 0 Å². The van der Waals surface area contributed by atoms with E-state index in [1.807, 2.05) is 0 Å².